The number of hydrogen-bond donors (Lipinski definition) is 0. The van der Waals surface area contributed by atoms with Crippen molar-refractivity contribution < 1.29 is 9.63 Å². The van der Waals surface area contributed by atoms with Gasteiger partial charge in [0.15, 0.2) is 0 Å². The van der Waals surface area contributed by atoms with Gasteiger partial charge in [0.05, 0.1) is 11.3 Å². The fourth-order valence-corrected chi connectivity index (χ4v) is 5.09. The number of aryl methyl sites for hydroxylation is 1. The van der Waals surface area contributed by atoms with Gasteiger partial charge in [0.2, 0.25) is 0 Å². The summed E-state index contributed by atoms with van der Waals surface area (Å²) in [5, 5.41) is 5.23. The van der Waals surface area contributed by atoms with Crippen LogP contribution in [0.3, 0.4) is 0 Å². The molecule has 2 bridgehead atoms. The van der Waals surface area contributed by atoms with Crippen LogP contribution in [0, 0.1) is 23.7 Å². The van der Waals surface area contributed by atoms with E-state index in [9.17, 15) is 4.79 Å². The lowest BCUT2D eigenvalue weighted by molar-refractivity contribution is 0.0508. The summed E-state index contributed by atoms with van der Waals surface area (Å²) in [4.78, 5) is 17.4. The number of carbonyl (C=O) groups is 1. The highest BCUT2D eigenvalue weighted by atomic mass is 79.9. The van der Waals surface area contributed by atoms with E-state index in [0.29, 0.717) is 11.5 Å². The Balaban J connectivity index is 1.77. The Morgan fingerprint density at radius 3 is 2.64 bits per heavy atom. The minimum Gasteiger partial charge on any atom is -0.313 e. The van der Waals surface area contributed by atoms with Gasteiger partial charge in [0.25, 0.3) is 0 Å². The number of alkyl halides is 1. The molecule has 0 heterocycles. The van der Waals surface area contributed by atoms with Gasteiger partial charge in [-0.1, -0.05) is 52.6 Å². The molecule has 118 valence electrons. The molecule has 0 N–H and O–H groups in total. The van der Waals surface area contributed by atoms with Gasteiger partial charge in [-0.3, -0.25) is 0 Å². The van der Waals surface area contributed by atoms with Crippen LogP contribution in [0.25, 0.3) is 0 Å². The van der Waals surface area contributed by atoms with Crippen LogP contribution in [-0.2, 0) is 4.84 Å². The lowest BCUT2D eigenvalue weighted by atomic mass is 9.70. The van der Waals surface area contributed by atoms with Crippen LogP contribution in [0.2, 0.25) is 0 Å². The van der Waals surface area contributed by atoms with E-state index in [-0.39, 0.29) is 16.8 Å². The quantitative estimate of drug-likeness (QED) is 0.442. The van der Waals surface area contributed by atoms with Gasteiger partial charge in [-0.05, 0) is 49.7 Å². The smallest absolute Gasteiger partial charge is 0.313 e. The molecule has 3 atom stereocenters. The number of carbonyl (C=O) groups excluding carboxylic acids is 1. The molecule has 2 aliphatic carbocycles. The first-order chi connectivity index (χ1) is 10.4. The fourth-order valence-electron chi connectivity index (χ4n) is 4.01. The maximum Gasteiger partial charge on any atom is 0.365 e. The second-order valence-electron chi connectivity index (χ2n) is 7.11. The molecule has 22 heavy (non-hydrogen) atoms. The number of benzene rings is 1. The molecule has 2 aliphatic rings. The summed E-state index contributed by atoms with van der Waals surface area (Å²) in [5.74, 6) is 0.258. The fraction of sp³-hybridized carbons (Fsp3) is 0.556. The normalized spacial score (nSPS) is 35.1. The van der Waals surface area contributed by atoms with E-state index >= 15 is 0 Å². The Labute approximate surface area is 140 Å². The topological polar surface area (TPSA) is 38.7 Å². The van der Waals surface area contributed by atoms with Crippen molar-refractivity contribution in [1.82, 2.24) is 0 Å². The largest absolute Gasteiger partial charge is 0.365 e. The zero-order chi connectivity index (χ0) is 16.0. The van der Waals surface area contributed by atoms with E-state index in [1.807, 2.05) is 19.1 Å². The molecule has 1 aromatic rings. The van der Waals surface area contributed by atoms with Crippen LogP contribution in [0.1, 0.15) is 49.0 Å². The van der Waals surface area contributed by atoms with Crippen LogP contribution < -0.4 is 0 Å². The molecule has 1 aromatic carbocycles. The van der Waals surface area contributed by atoms with Crippen molar-refractivity contribution in [3.05, 3.63) is 35.4 Å². The third-order valence-corrected chi connectivity index (χ3v) is 7.20. The molecule has 0 saturated heterocycles. The molecule has 2 fully saturated rings. The summed E-state index contributed by atoms with van der Waals surface area (Å²) in [6, 6.07) is 7.38. The zero-order valence-electron chi connectivity index (χ0n) is 13.4. The van der Waals surface area contributed by atoms with E-state index in [4.69, 9.17) is 4.84 Å². The molecule has 4 heteroatoms. The number of hydrogen-bond acceptors (Lipinski definition) is 3. The lowest BCUT2D eigenvalue weighted by Crippen LogP contribution is -2.36. The van der Waals surface area contributed by atoms with Crippen LogP contribution >= 0.6 is 15.9 Å². The Bertz CT molecular complexity index is 624. The van der Waals surface area contributed by atoms with Crippen LogP contribution in [-0.4, -0.2) is 17.0 Å². The molecular weight excluding hydrogens is 342 g/mol. The van der Waals surface area contributed by atoms with E-state index in [1.54, 1.807) is 12.1 Å². The molecule has 3 unspecified atom stereocenters. The number of nitrogens with zero attached hydrogens (tertiary/aromatic N) is 1. The van der Waals surface area contributed by atoms with E-state index in [1.165, 1.54) is 6.42 Å². The third kappa shape index (κ3) is 2.23. The standard InChI is InChI=1S/C18H22BrNO2/c1-12-4-6-13(7-5-12)16(21)22-20-15-10-14-8-9-17(15,2)18(14,3)11-19/h4-7,14H,8-11H2,1-3H3/b20-15+. The Kier molecular flexibility index (Phi) is 3.92. The average molecular weight is 364 g/mol. The summed E-state index contributed by atoms with van der Waals surface area (Å²) < 4.78 is 0. The first-order valence-corrected chi connectivity index (χ1v) is 8.94. The Hall–Kier alpha value is -1.16. The molecule has 0 aliphatic heterocycles. The van der Waals surface area contributed by atoms with Crippen molar-refractivity contribution in [2.24, 2.45) is 21.9 Å². The van der Waals surface area contributed by atoms with Gasteiger partial charge in [-0.2, -0.15) is 0 Å². The van der Waals surface area contributed by atoms with Crippen molar-refractivity contribution in [3.8, 4) is 0 Å². The van der Waals surface area contributed by atoms with Crippen LogP contribution in [0.4, 0.5) is 0 Å². The van der Waals surface area contributed by atoms with E-state index < -0.39 is 0 Å². The highest BCUT2D eigenvalue weighted by molar-refractivity contribution is 9.09. The third-order valence-electron chi connectivity index (χ3n) is 6.03. The molecule has 2 saturated carbocycles. The molecular formula is C18H22BrNO2. The van der Waals surface area contributed by atoms with E-state index in [0.717, 1.165) is 29.4 Å². The van der Waals surface area contributed by atoms with Crippen molar-refractivity contribution in [3.63, 3.8) is 0 Å². The molecule has 3 nitrogen and oxygen atoms in total. The number of rotatable bonds is 3. The van der Waals surface area contributed by atoms with Crippen LogP contribution in [0.15, 0.2) is 29.4 Å². The summed E-state index contributed by atoms with van der Waals surface area (Å²) in [5.41, 5.74) is 2.96. The van der Waals surface area contributed by atoms with E-state index in [2.05, 4.69) is 34.9 Å². The highest BCUT2D eigenvalue weighted by Crippen LogP contribution is 2.64. The first kappa shape index (κ1) is 15.7. The summed E-state index contributed by atoms with van der Waals surface area (Å²) in [6.07, 6.45) is 3.31. The predicted octanol–water partition coefficient (Wildman–Crippen LogP) is 4.73. The molecule has 0 amide bonds. The van der Waals surface area contributed by atoms with Gasteiger partial charge in [-0.15, -0.1) is 0 Å². The van der Waals surface area contributed by atoms with Gasteiger partial charge >= 0.3 is 5.97 Å². The molecule has 3 rings (SSSR count). The molecule has 0 radical (unpaired) electrons. The predicted molar refractivity (Wildman–Crippen MR) is 91.4 cm³/mol. The lowest BCUT2D eigenvalue weighted by Gasteiger charge is -2.36. The summed E-state index contributed by atoms with van der Waals surface area (Å²) in [7, 11) is 0. The first-order valence-electron chi connectivity index (χ1n) is 7.82. The van der Waals surface area contributed by atoms with Crippen molar-refractivity contribution >= 4 is 27.6 Å². The summed E-state index contributed by atoms with van der Waals surface area (Å²) >= 11 is 3.68. The van der Waals surface area contributed by atoms with Gasteiger partial charge in [0, 0.05) is 10.7 Å². The van der Waals surface area contributed by atoms with Gasteiger partial charge < -0.3 is 4.84 Å². The monoisotopic (exact) mass is 363 g/mol. The maximum atomic E-state index is 12.1. The zero-order valence-corrected chi connectivity index (χ0v) is 14.9. The minimum atomic E-state index is -0.376. The number of halogens is 1. The second-order valence-corrected chi connectivity index (χ2v) is 7.67. The van der Waals surface area contributed by atoms with Gasteiger partial charge in [-0.25, -0.2) is 4.79 Å². The van der Waals surface area contributed by atoms with Crippen molar-refractivity contribution in [2.75, 3.05) is 5.33 Å². The Morgan fingerprint density at radius 2 is 2.05 bits per heavy atom. The maximum absolute atomic E-state index is 12.1. The number of fused-ring (bicyclic) bond motifs is 2. The minimum absolute atomic E-state index is 0.0364. The van der Waals surface area contributed by atoms with Crippen molar-refractivity contribution in [1.29, 1.82) is 0 Å². The highest BCUT2D eigenvalue weighted by Gasteiger charge is 2.62. The molecule has 0 aromatic heterocycles. The SMILES string of the molecule is Cc1ccc(C(=O)O/N=C2\CC3CCC2(C)C3(C)CBr)cc1. The number of oxime groups is 1. The second kappa shape index (κ2) is 5.48. The summed E-state index contributed by atoms with van der Waals surface area (Å²) in [6.45, 7) is 6.58. The Morgan fingerprint density at radius 1 is 1.36 bits per heavy atom. The van der Waals surface area contributed by atoms with Gasteiger partial charge in [0.1, 0.15) is 0 Å². The van der Waals surface area contributed by atoms with Crippen molar-refractivity contribution in [2.45, 2.75) is 40.0 Å². The van der Waals surface area contributed by atoms with Crippen LogP contribution in [0.5, 0.6) is 0 Å². The molecule has 0 spiro atoms. The average Bonchev–Trinajstić information content (AvgIpc) is 2.89.